The van der Waals surface area contributed by atoms with Gasteiger partial charge in [0.05, 0.1) is 0 Å². The first-order chi connectivity index (χ1) is 9.45. The maximum atomic E-state index is 12.6. The van der Waals surface area contributed by atoms with E-state index >= 15 is 0 Å². The van der Waals surface area contributed by atoms with Crippen LogP contribution in [0.3, 0.4) is 0 Å². The Morgan fingerprint density at radius 3 is 2.65 bits per heavy atom. The molecule has 0 saturated carbocycles. The van der Waals surface area contributed by atoms with Gasteiger partial charge in [0.25, 0.3) is 10.0 Å². The van der Waals surface area contributed by atoms with E-state index in [2.05, 4.69) is 17.2 Å². The molecule has 1 aromatic rings. The molecule has 1 aliphatic rings. The summed E-state index contributed by atoms with van der Waals surface area (Å²) in [5, 5.41) is 3.34. The van der Waals surface area contributed by atoms with E-state index < -0.39 is 10.0 Å². The molecule has 1 N–H and O–H groups in total. The van der Waals surface area contributed by atoms with Crippen LogP contribution < -0.4 is 5.32 Å². The van der Waals surface area contributed by atoms with Gasteiger partial charge >= 0.3 is 0 Å². The van der Waals surface area contributed by atoms with Crippen LogP contribution in [0.25, 0.3) is 0 Å². The minimum absolute atomic E-state index is 0.0539. The zero-order valence-electron chi connectivity index (χ0n) is 12.3. The van der Waals surface area contributed by atoms with Crippen molar-refractivity contribution in [2.24, 2.45) is 5.92 Å². The largest absolute Gasteiger partial charge is 0.313 e. The molecule has 0 bridgehead atoms. The number of aromatic nitrogens is 1. The molecule has 2 atom stereocenters. The maximum Gasteiger partial charge on any atom is 0.260 e. The Morgan fingerprint density at radius 2 is 2.15 bits per heavy atom. The van der Waals surface area contributed by atoms with Crippen LogP contribution in [0, 0.1) is 5.92 Å². The Labute approximate surface area is 121 Å². The summed E-state index contributed by atoms with van der Waals surface area (Å²) in [4.78, 5) is 4.14. The monoisotopic (exact) mass is 297 g/mol. The molecule has 2 unspecified atom stereocenters. The van der Waals surface area contributed by atoms with Gasteiger partial charge in [0, 0.05) is 25.3 Å². The van der Waals surface area contributed by atoms with Crippen molar-refractivity contribution in [2.45, 2.75) is 44.8 Å². The van der Waals surface area contributed by atoms with Gasteiger partial charge in [-0.15, -0.1) is 0 Å². The summed E-state index contributed by atoms with van der Waals surface area (Å²) in [7, 11) is -3.46. The first kappa shape index (κ1) is 15.4. The van der Waals surface area contributed by atoms with Crippen LogP contribution >= 0.6 is 0 Å². The SMILES string of the molecule is CCNCc1ccc(S(=O)(=O)N2CC(C)CC2C)nc1. The normalized spacial score (nSPS) is 24.1. The van der Waals surface area contributed by atoms with Gasteiger partial charge in [-0.2, -0.15) is 4.31 Å². The topological polar surface area (TPSA) is 62.3 Å². The van der Waals surface area contributed by atoms with Crippen LogP contribution in [0.15, 0.2) is 23.4 Å². The number of hydrogen-bond acceptors (Lipinski definition) is 4. The number of hydrogen-bond donors (Lipinski definition) is 1. The third-order valence-corrected chi connectivity index (χ3v) is 5.57. The average Bonchev–Trinajstić information content (AvgIpc) is 2.76. The van der Waals surface area contributed by atoms with Crippen molar-refractivity contribution in [3.05, 3.63) is 23.9 Å². The lowest BCUT2D eigenvalue weighted by molar-refractivity contribution is 0.403. The molecule has 20 heavy (non-hydrogen) atoms. The molecular formula is C14H23N3O2S. The lowest BCUT2D eigenvalue weighted by Gasteiger charge is -2.20. The fourth-order valence-corrected chi connectivity index (χ4v) is 4.33. The van der Waals surface area contributed by atoms with Crippen LogP contribution in [0.4, 0.5) is 0 Å². The third-order valence-electron chi connectivity index (χ3n) is 3.68. The molecule has 2 rings (SSSR count). The third kappa shape index (κ3) is 3.19. The molecule has 1 aromatic heterocycles. The highest BCUT2D eigenvalue weighted by Gasteiger charge is 2.36. The molecule has 1 fully saturated rings. The van der Waals surface area contributed by atoms with Gasteiger partial charge in [-0.25, -0.2) is 13.4 Å². The summed E-state index contributed by atoms with van der Waals surface area (Å²) >= 11 is 0. The van der Waals surface area contributed by atoms with Gasteiger partial charge in [0.2, 0.25) is 0 Å². The highest BCUT2D eigenvalue weighted by atomic mass is 32.2. The first-order valence-corrected chi connectivity index (χ1v) is 8.56. The second-order valence-corrected chi connectivity index (χ2v) is 7.39. The summed E-state index contributed by atoms with van der Waals surface area (Å²) < 4.78 is 26.7. The highest BCUT2D eigenvalue weighted by molar-refractivity contribution is 7.89. The van der Waals surface area contributed by atoms with Crippen molar-refractivity contribution >= 4 is 10.0 Å². The van der Waals surface area contributed by atoms with Crippen molar-refractivity contribution in [1.29, 1.82) is 0 Å². The molecule has 0 aromatic carbocycles. The summed E-state index contributed by atoms with van der Waals surface area (Å²) in [6.45, 7) is 8.25. The molecule has 1 aliphatic heterocycles. The van der Waals surface area contributed by atoms with Crippen LogP contribution in [0.2, 0.25) is 0 Å². The van der Waals surface area contributed by atoms with E-state index in [1.54, 1.807) is 16.6 Å². The minimum atomic E-state index is -3.46. The molecule has 6 heteroatoms. The standard InChI is InChI=1S/C14H23N3O2S/c1-4-15-8-13-5-6-14(16-9-13)20(18,19)17-10-11(2)7-12(17)3/h5-6,9,11-12,15H,4,7-8,10H2,1-3H3. The molecule has 0 spiro atoms. The van der Waals surface area contributed by atoms with Crippen LogP contribution in [-0.2, 0) is 16.6 Å². The minimum Gasteiger partial charge on any atom is -0.313 e. The Balaban J connectivity index is 2.17. The molecule has 0 aliphatic carbocycles. The lowest BCUT2D eigenvalue weighted by Crippen LogP contribution is -2.34. The number of pyridine rings is 1. The molecule has 5 nitrogen and oxygen atoms in total. The number of sulfonamides is 1. The first-order valence-electron chi connectivity index (χ1n) is 7.12. The van der Waals surface area contributed by atoms with Crippen LogP contribution in [0.1, 0.15) is 32.8 Å². The van der Waals surface area contributed by atoms with E-state index in [4.69, 9.17) is 0 Å². The summed E-state index contributed by atoms with van der Waals surface area (Å²) in [5.41, 5.74) is 0.994. The van der Waals surface area contributed by atoms with Gasteiger partial charge in [-0.1, -0.05) is 19.9 Å². The van der Waals surface area contributed by atoms with Crippen LogP contribution in [0.5, 0.6) is 0 Å². The maximum absolute atomic E-state index is 12.6. The van der Waals surface area contributed by atoms with Crippen molar-refractivity contribution in [1.82, 2.24) is 14.6 Å². The summed E-state index contributed by atoms with van der Waals surface area (Å²) in [6.07, 6.45) is 2.55. The van der Waals surface area contributed by atoms with Gasteiger partial charge in [0.1, 0.15) is 0 Å². The molecule has 0 amide bonds. The van der Waals surface area contributed by atoms with Gasteiger partial charge in [-0.3, -0.25) is 0 Å². The average molecular weight is 297 g/mol. The van der Waals surface area contributed by atoms with Crippen LogP contribution in [-0.4, -0.2) is 36.8 Å². The zero-order chi connectivity index (χ0) is 14.8. The smallest absolute Gasteiger partial charge is 0.260 e. The Morgan fingerprint density at radius 1 is 1.40 bits per heavy atom. The molecule has 2 heterocycles. The van der Waals surface area contributed by atoms with E-state index in [1.165, 1.54) is 0 Å². The lowest BCUT2D eigenvalue weighted by atomic mass is 10.1. The van der Waals surface area contributed by atoms with E-state index in [0.717, 1.165) is 18.5 Å². The van der Waals surface area contributed by atoms with E-state index in [1.807, 2.05) is 19.9 Å². The molecule has 112 valence electrons. The van der Waals surface area contributed by atoms with E-state index in [0.29, 0.717) is 19.0 Å². The quantitative estimate of drug-likeness (QED) is 0.897. The van der Waals surface area contributed by atoms with Crippen molar-refractivity contribution in [3.8, 4) is 0 Å². The van der Waals surface area contributed by atoms with Crippen molar-refractivity contribution in [3.63, 3.8) is 0 Å². The summed E-state index contributed by atoms with van der Waals surface area (Å²) in [6, 6.07) is 3.49. The number of nitrogens with zero attached hydrogens (tertiary/aromatic N) is 2. The summed E-state index contributed by atoms with van der Waals surface area (Å²) in [5.74, 6) is 0.410. The van der Waals surface area contributed by atoms with Crippen molar-refractivity contribution in [2.75, 3.05) is 13.1 Å². The number of rotatable bonds is 5. The fraction of sp³-hybridized carbons (Fsp3) is 0.643. The zero-order valence-corrected chi connectivity index (χ0v) is 13.2. The van der Waals surface area contributed by atoms with Crippen molar-refractivity contribution < 1.29 is 8.42 Å². The predicted octanol–water partition coefficient (Wildman–Crippen LogP) is 1.61. The van der Waals surface area contributed by atoms with Gasteiger partial charge in [-0.05, 0) is 37.4 Å². The Bertz CT molecular complexity index is 542. The van der Waals surface area contributed by atoms with Gasteiger partial charge in [0.15, 0.2) is 5.03 Å². The Kier molecular flexibility index (Phi) is 4.78. The van der Waals surface area contributed by atoms with Gasteiger partial charge < -0.3 is 5.32 Å². The Hall–Kier alpha value is -0.980. The fourth-order valence-electron chi connectivity index (χ4n) is 2.65. The molecular weight excluding hydrogens is 274 g/mol. The molecule has 0 radical (unpaired) electrons. The second kappa shape index (κ2) is 6.20. The second-order valence-electron chi connectivity index (χ2n) is 5.55. The highest BCUT2D eigenvalue weighted by Crippen LogP contribution is 2.28. The number of nitrogens with one attached hydrogen (secondary N) is 1. The van der Waals surface area contributed by atoms with E-state index in [-0.39, 0.29) is 11.1 Å². The molecule has 1 saturated heterocycles. The van der Waals surface area contributed by atoms with E-state index in [9.17, 15) is 8.42 Å². The predicted molar refractivity (Wildman–Crippen MR) is 78.8 cm³/mol.